The minimum Gasteiger partial charge on any atom is -0.329 e. The average Bonchev–Trinajstić information content (AvgIpc) is 2.33. The highest BCUT2D eigenvalue weighted by Crippen LogP contribution is 2.18. The lowest BCUT2D eigenvalue weighted by molar-refractivity contribution is 0.395. The van der Waals surface area contributed by atoms with Crippen molar-refractivity contribution < 1.29 is 0 Å². The van der Waals surface area contributed by atoms with Crippen LogP contribution in [-0.4, -0.2) is 32.7 Å². The van der Waals surface area contributed by atoms with Gasteiger partial charge in [0.15, 0.2) is 0 Å². The smallest absolute Gasteiger partial charge is 0.00772 e. The van der Waals surface area contributed by atoms with E-state index in [2.05, 4.69) is 24.5 Å². The Bertz CT molecular complexity index is 133. The summed E-state index contributed by atoms with van der Waals surface area (Å²) in [5, 5.41) is 6.77. The fourth-order valence-electron chi connectivity index (χ4n) is 2.29. The third kappa shape index (κ3) is 12.1. The van der Waals surface area contributed by atoms with Crippen molar-refractivity contribution >= 4 is 0 Å². The standard InChI is InChI=1S/C14H33N3/c1-3-6-14(7-4-2)8-5-10-16-12-13-17-11-9-15/h14,16-17H,3-13,15H2,1-2H3. The van der Waals surface area contributed by atoms with Crippen LogP contribution in [0.5, 0.6) is 0 Å². The SMILES string of the molecule is CCCC(CCC)CCCNCCNCCN. The summed E-state index contributed by atoms with van der Waals surface area (Å²) >= 11 is 0. The van der Waals surface area contributed by atoms with Gasteiger partial charge in [-0.1, -0.05) is 39.5 Å². The molecule has 0 amide bonds. The van der Waals surface area contributed by atoms with Gasteiger partial charge in [-0.25, -0.2) is 0 Å². The quantitative estimate of drug-likeness (QED) is 0.434. The largest absolute Gasteiger partial charge is 0.329 e. The van der Waals surface area contributed by atoms with E-state index in [9.17, 15) is 0 Å². The maximum atomic E-state index is 5.40. The molecule has 0 atom stereocenters. The van der Waals surface area contributed by atoms with E-state index in [4.69, 9.17) is 5.73 Å². The van der Waals surface area contributed by atoms with Crippen molar-refractivity contribution in [2.24, 2.45) is 11.7 Å². The third-order valence-electron chi connectivity index (χ3n) is 3.16. The van der Waals surface area contributed by atoms with Gasteiger partial charge >= 0.3 is 0 Å². The van der Waals surface area contributed by atoms with Crippen LogP contribution in [0.15, 0.2) is 0 Å². The molecule has 104 valence electrons. The number of nitrogens with two attached hydrogens (primary N) is 1. The van der Waals surface area contributed by atoms with Crippen LogP contribution in [0.4, 0.5) is 0 Å². The summed E-state index contributed by atoms with van der Waals surface area (Å²) in [6.45, 7) is 9.51. The maximum absolute atomic E-state index is 5.40. The van der Waals surface area contributed by atoms with E-state index in [0.29, 0.717) is 0 Å². The van der Waals surface area contributed by atoms with Crippen LogP contribution < -0.4 is 16.4 Å². The molecule has 0 heterocycles. The van der Waals surface area contributed by atoms with E-state index in [1.54, 1.807) is 0 Å². The minimum absolute atomic E-state index is 0.732. The van der Waals surface area contributed by atoms with Gasteiger partial charge in [-0.05, 0) is 25.3 Å². The second kappa shape index (κ2) is 13.9. The van der Waals surface area contributed by atoms with E-state index in [-0.39, 0.29) is 0 Å². The Morgan fingerprint density at radius 1 is 0.824 bits per heavy atom. The third-order valence-corrected chi connectivity index (χ3v) is 3.16. The lowest BCUT2D eigenvalue weighted by Gasteiger charge is -2.15. The molecule has 0 spiro atoms. The fourth-order valence-corrected chi connectivity index (χ4v) is 2.29. The number of hydrogen-bond acceptors (Lipinski definition) is 3. The van der Waals surface area contributed by atoms with E-state index >= 15 is 0 Å². The van der Waals surface area contributed by atoms with Gasteiger partial charge in [-0.3, -0.25) is 0 Å². The zero-order valence-corrected chi connectivity index (χ0v) is 11.9. The topological polar surface area (TPSA) is 50.1 Å². The van der Waals surface area contributed by atoms with E-state index in [0.717, 1.165) is 38.6 Å². The first-order valence-corrected chi connectivity index (χ1v) is 7.46. The first-order chi connectivity index (χ1) is 8.35. The summed E-state index contributed by atoms with van der Waals surface area (Å²) in [6, 6.07) is 0. The van der Waals surface area contributed by atoms with E-state index in [1.807, 2.05) is 0 Å². The van der Waals surface area contributed by atoms with Crippen LogP contribution in [0.1, 0.15) is 52.4 Å². The Labute approximate surface area is 108 Å². The summed E-state index contributed by atoms with van der Waals surface area (Å²) in [6.07, 6.45) is 8.20. The van der Waals surface area contributed by atoms with Crippen molar-refractivity contribution in [2.75, 3.05) is 32.7 Å². The fraction of sp³-hybridized carbons (Fsp3) is 1.00. The lowest BCUT2D eigenvalue weighted by atomic mass is 9.93. The van der Waals surface area contributed by atoms with Crippen molar-refractivity contribution in [3.63, 3.8) is 0 Å². The second-order valence-electron chi connectivity index (χ2n) is 4.87. The zero-order valence-electron chi connectivity index (χ0n) is 11.9. The highest BCUT2D eigenvalue weighted by atomic mass is 14.9. The summed E-state index contributed by atoms with van der Waals surface area (Å²) in [4.78, 5) is 0. The van der Waals surface area contributed by atoms with Crippen LogP contribution in [-0.2, 0) is 0 Å². The van der Waals surface area contributed by atoms with Crippen molar-refractivity contribution in [1.82, 2.24) is 10.6 Å². The molecule has 0 unspecified atom stereocenters. The van der Waals surface area contributed by atoms with Gasteiger partial charge < -0.3 is 16.4 Å². The molecule has 3 heteroatoms. The molecule has 0 aromatic carbocycles. The molecule has 0 aliphatic carbocycles. The molecule has 0 fully saturated rings. The molecule has 0 radical (unpaired) electrons. The van der Waals surface area contributed by atoms with Crippen LogP contribution in [0.3, 0.4) is 0 Å². The predicted octanol–water partition coefficient (Wildman–Crippen LogP) is 2.12. The van der Waals surface area contributed by atoms with Gasteiger partial charge in [0.05, 0.1) is 0 Å². The predicted molar refractivity (Wildman–Crippen MR) is 77.3 cm³/mol. The van der Waals surface area contributed by atoms with E-state index < -0.39 is 0 Å². The summed E-state index contributed by atoms with van der Waals surface area (Å²) < 4.78 is 0. The molecule has 0 aromatic rings. The van der Waals surface area contributed by atoms with Crippen molar-refractivity contribution in [3.8, 4) is 0 Å². The Morgan fingerprint density at radius 3 is 1.94 bits per heavy atom. The van der Waals surface area contributed by atoms with Gasteiger partial charge in [-0.15, -0.1) is 0 Å². The molecule has 17 heavy (non-hydrogen) atoms. The molecule has 4 N–H and O–H groups in total. The van der Waals surface area contributed by atoms with Gasteiger partial charge in [0.25, 0.3) is 0 Å². The molecule has 0 aliphatic rings. The van der Waals surface area contributed by atoms with Crippen molar-refractivity contribution in [2.45, 2.75) is 52.4 Å². The molecule has 0 saturated heterocycles. The monoisotopic (exact) mass is 243 g/mol. The molecule has 0 aromatic heterocycles. The Kier molecular flexibility index (Phi) is 13.8. The Balaban J connectivity index is 3.23. The molecular weight excluding hydrogens is 210 g/mol. The zero-order chi connectivity index (χ0) is 12.8. The Morgan fingerprint density at radius 2 is 1.41 bits per heavy atom. The normalized spacial score (nSPS) is 11.3. The van der Waals surface area contributed by atoms with Gasteiger partial charge in [0.1, 0.15) is 0 Å². The summed E-state index contributed by atoms with van der Waals surface area (Å²) in [5.74, 6) is 0.960. The van der Waals surface area contributed by atoms with Crippen LogP contribution in [0.25, 0.3) is 0 Å². The second-order valence-corrected chi connectivity index (χ2v) is 4.87. The molecule has 3 nitrogen and oxygen atoms in total. The van der Waals surface area contributed by atoms with E-state index in [1.165, 1.54) is 38.5 Å². The van der Waals surface area contributed by atoms with Gasteiger partial charge in [0.2, 0.25) is 0 Å². The Hall–Kier alpha value is -0.120. The van der Waals surface area contributed by atoms with Crippen LogP contribution >= 0.6 is 0 Å². The number of nitrogens with one attached hydrogen (secondary N) is 2. The number of rotatable bonds is 13. The maximum Gasteiger partial charge on any atom is 0.00772 e. The van der Waals surface area contributed by atoms with Gasteiger partial charge in [0, 0.05) is 26.2 Å². The first-order valence-electron chi connectivity index (χ1n) is 7.46. The molecule has 0 bridgehead atoms. The average molecular weight is 243 g/mol. The van der Waals surface area contributed by atoms with Gasteiger partial charge in [-0.2, -0.15) is 0 Å². The lowest BCUT2D eigenvalue weighted by Crippen LogP contribution is -2.31. The number of hydrogen-bond donors (Lipinski definition) is 3. The minimum atomic E-state index is 0.732. The molecule has 0 aliphatic heterocycles. The van der Waals surface area contributed by atoms with Crippen molar-refractivity contribution in [1.29, 1.82) is 0 Å². The highest BCUT2D eigenvalue weighted by molar-refractivity contribution is 4.60. The van der Waals surface area contributed by atoms with Crippen molar-refractivity contribution in [3.05, 3.63) is 0 Å². The van der Waals surface area contributed by atoms with Crippen LogP contribution in [0, 0.1) is 5.92 Å². The molecule has 0 rings (SSSR count). The highest BCUT2D eigenvalue weighted by Gasteiger charge is 2.05. The van der Waals surface area contributed by atoms with Crippen LogP contribution in [0.2, 0.25) is 0 Å². The first kappa shape index (κ1) is 16.9. The molecular formula is C14H33N3. The molecule has 0 saturated carbocycles. The summed E-state index contributed by atoms with van der Waals surface area (Å²) in [7, 11) is 0. The summed E-state index contributed by atoms with van der Waals surface area (Å²) in [5.41, 5.74) is 5.40.